The maximum Gasteiger partial charge on any atom is 0.280 e. The van der Waals surface area contributed by atoms with Gasteiger partial charge < -0.3 is 14.2 Å². The van der Waals surface area contributed by atoms with Gasteiger partial charge in [0.1, 0.15) is 34.6 Å². The number of hydrogen-bond donors (Lipinski definition) is 1. The van der Waals surface area contributed by atoms with Crippen molar-refractivity contribution >= 4 is 16.2 Å². The molecule has 7 nitrogen and oxygen atoms in total. The number of ether oxygens (including phenoxy) is 3. The Kier molecular flexibility index (Phi) is 7.09. The van der Waals surface area contributed by atoms with Crippen LogP contribution in [0.5, 0.6) is 17.2 Å². The summed E-state index contributed by atoms with van der Waals surface area (Å²) < 4.78 is 54.4. The molecule has 3 rings (SSSR count). The first-order chi connectivity index (χ1) is 14.9. The van der Waals surface area contributed by atoms with Gasteiger partial charge in [0.15, 0.2) is 0 Å². The molecule has 3 aromatic rings. The molecule has 9 heteroatoms. The van der Waals surface area contributed by atoms with Gasteiger partial charge in [-0.25, -0.2) is 4.39 Å². The van der Waals surface area contributed by atoms with Crippen LogP contribution >= 0.6 is 0 Å². The molecule has 0 unspecified atom stereocenters. The molecule has 3 aromatic carbocycles. The summed E-state index contributed by atoms with van der Waals surface area (Å²) in [4.78, 5) is 2.09. The number of halogens is 1. The molecule has 0 amide bonds. The Balaban J connectivity index is 1.62. The van der Waals surface area contributed by atoms with Crippen molar-refractivity contribution in [3.05, 3.63) is 83.7 Å². The third-order valence-electron chi connectivity index (χ3n) is 4.28. The van der Waals surface area contributed by atoms with Gasteiger partial charge in [-0.2, -0.15) is 18.4 Å². The predicted molar refractivity (Wildman–Crippen MR) is 115 cm³/mol. The highest BCUT2D eigenvalue weighted by molar-refractivity contribution is 7.89. The molecule has 31 heavy (non-hydrogen) atoms. The van der Waals surface area contributed by atoms with Gasteiger partial charge in [0.2, 0.25) is 0 Å². The second kappa shape index (κ2) is 9.94. The molecule has 0 aliphatic rings. The molecule has 0 aliphatic heterocycles. The van der Waals surface area contributed by atoms with Gasteiger partial charge >= 0.3 is 0 Å². The van der Waals surface area contributed by atoms with Gasteiger partial charge in [0.05, 0.1) is 20.4 Å². The second-order valence-corrected chi connectivity index (χ2v) is 7.95. The summed E-state index contributed by atoms with van der Waals surface area (Å²) in [6, 6.07) is 17.5. The zero-order valence-corrected chi connectivity index (χ0v) is 17.7. The van der Waals surface area contributed by atoms with E-state index in [1.807, 2.05) is 0 Å². The number of hydrogen-bond acceptors (Lipinski definition) is 6. The Hall–Kier alpha value is -3.59. The highest BCUT2D eigenvalue weighted by Gasteiger charge is 2.19. The Bertz CT molecular complexity index is 1160. The lowest BCUT2D eigenvalue weighted by Gasteiger charge is -2.10. The van der Waals surface area contributed by atoms with Crippen molar-refractivity contribution in [1.29, 1.82) is 0 Å². The Labute approximate surface area is 180 Å². The normalized spacial score (nSPS) is 11.3. The van der Waals surface area contributed by atoms with E-state index in [1.165, 1.54) is 44.7 Å². The van der Waals surface area contributed by atoms with Crippen LogP contribution in [0.4, 0.5) is 4.39 Å². The van der Waals surface area contributed by atoms with E-state index in [1.54, 1.807) is 42.5 Å². The van der Waals surface area contributed by atoms with Crippen LogP contribution in [-0.2, 0) is 16.6 Å². The molecule has 0 saturated heterocycles. The number of hydrazone groups is 1. The lowest BCUT2D eigenvalue weighted by molar-refractivity contribution is 0.300. The number of methoxy groups -OCH3 is 2. The van der Waals surface area contributed by atoms with Crippen LogP contribution in [0.2, 0.25) is 0 Å². The first kappa shape index (κ1) is 22.1. The fourth-order valence-corrected chi connectivity index (χ4v) is 3.59. The predicted octanol–water partition coefficient (Wildman–Crippen LogP) is 3.73. The lowest BCUT2D eigenvalue weighted by Crippen LogP contribution is -2.19. The Morgan fingerprint density at radius 1 is 0.968 bits per heavy atom. The monoisotopic (exact) mass is 444 g/mol. The van der Waals surface area contributed by atoms with Crippen molar-refractivity contribution in [3.8, 4) is 17.2 Å². The molecule has 1 N–H and O–H groups in total. The van der Waals surface area contributed by atoms with Gasteiger partial charge in [0.25, 0.3) is 10.0 Å². The zero-order valence-electron chi connectivity index (χ0n) is 16.9. The zero-order chi connectivity index (χ0) is 22.3. The van der Waals surface area contributed by atoms with Gasteiger partial charge in [0, 0.05) is 11.6 Å². The summed E-state index contributed by atoms with van der Waals surface area (Å²) >= 11 is 0. The third kappa shape index (κ3) is 5.73. The van der Waals surface area contributed by atoms with Crippen molar-refractivity contribution in [2.45, 2.75) is 11.5 Å². The average molecular weight is 444 g/mol. The molecular formula is C22H21FN2O5S. The van der Waals surface area contributed by atoms with Gasteiger partial charge in [-0.3, -0.25) is 0 Å². The highest BCUT2D eigenvalue weighted by Crippen LogP contribution is 2.28. The fourth-order valence-electron chi connectivity index (χ4n) is 2.64. The molecule has 0 saturated carbocycles. The van der Waals surface area contributed by atoms with E-state index in [9.17, 15) is 12.8 Å². The van der Waals surface area contributed by atoms with Crippen LogP contribution in [-0.4, -0.2) is 28.9 Å². The summed E-state index contributed by atoms with van der Waals surface area (Å²) in [5.41, 5.74) is 1.10. The van der Waals surface area contributed by atoms with E-state index in [2.05, 4.69) is 9.93 Å². The van der Waals surface area contributed by atoms with Crippen molar-refractivity contribution in [2.24, 2.45) is 5.10 Å². The third-order valence-corrected chi connectivity index (χ3v) is 5.54. The Morgan fingerprint density at radius 3 is 2.35 bits per heavy atom. The summed E-state index contributed by atoms with van der Waals surface area (Å²) in [6.07, 6.45) is 1.36. The molecule has 0 fully saturated rings. The quantitative estimate of drug-likeness (QED) is 0.401. The summed E-state index contributed by atoms with van der Waals surface area (Å²) in [5.74, 6) is 0.825. The summed E-state index contributed by atoms with van der Waals surface area (Å²) in [7, 11) is -1.10. The Morgan fingerprint density at radius 2 is 1.68 bits per heavy atom. The first-order valence-corrected chi connectivity index (χ1v) is 10.6. The molecule has 0 heterocycles. The SMILES string of the molecule is COc1ccc(S(=O)(=O)N/N=C/c2ccc(OCc3ccccc3F)cc2)c(OC)c1. The largest absolute Gasteiger partial charge is 0.497 e. The van der Waals surface area contributed by atoms with Crippen LogP contribution in [0, 0.1) is 5.82 Å². The number of nitrogens with one attached hydrogen (secondary N) is 1. The van der Waals surface area contributed by atoms with E-state index in [4.69, 9.17) is 14.2 Å². The minimum absolute atomic E-state index is 0.0650. The van der Waals surface area contributed by atoms with Crippen molar-refractivity contribution in [2.75, 3.05) is 14.2 Å². The molecule has 0 atom stereocenters. The van der Waals surface area contributed by atoms with Gasteiger partial charge in [-0.1, -0.05) is 18.2 Å². The van der Waals surface area contributed by atoms with E-state index < -0.39 is 10.0 Å². The lowest BCUT2D eigenvalue weighted by atomic mass is 10.2. The molecule has 0 aliphatic carbocycles. The molecule has 0 aromatic heterocycles. The molecule has 0 radical (unpaired) electrons. The molecule has 0 bridgehead atoms. The van der Waals surface area contributed by atoms with E-state index >= 15 is 0 Å². The smallest absolute Gasteiger partial charge is 0.280 e. The van der Waals surface area contributed by atoms with Crippen molar-refractivity contribution in [3.63, 3.8) is 0 Å². The van der Waals surface area contributed by atoms with E-state index in [-0.39, 0.29) is 23.1 Å². The number of nitrogens with zero attached hydrogens (tertiary/aromatic N) is 1. The van der Waals surface area contributed by atoms with Crippen molar-refractivity contribution < 1.29 is 27.0 Å². The van der Waals surface area contributed by atoms with Crippen LogP contribution in [0.3, 0.4) is 0 Å². The van der Waals surface area contributed by atoms with Crippen LogP contribution in [0.25, 0.3) is 0 Å². The minimum atomic E-state index is -3.94. The standard InChI is InChI=1S/C22H21FN2O5S/c1-28-19-11-12-22(21(13-19)29-2)31(26,27)25-24-14-16-7-9-18(10-8-16)30-15-17-5-3-4-6-20(17)23/h3-14,25H,15H2,1-2H3/b24-14+. The summed E-state index contributed by atoms with van der Waals surface area (Å²) in [5, 5.41) is 3.80. The number of rotatable bonds is 9. The van der Waals surface area contributed by atoms with Crippen LogP contribution < -0.4 is 19.0 Å². The number of benzene rings is 3. The first-order valence-electron chi connectivity index (χ1n) is 9.16. The maximum absolute atomic E-state index is 13.6. The van der Waals surface area contributed by atoms with Crippen LogP contribution in [0.15, 0.2) is 76.7 Å². The number of sulfonamides is 1. The molecule has 0 spiro atoms. The van der Waals surface area contributed by atoms with Crippen LogP contribution in [0.1, 0.15) is 11.1 Å². The highest BCUT2D eigenvalue weighted by atomic mass is 32.2. The maximum atomic E-state index is 13.6. The fraction of sp³-hybridized carbons (Fsp3) is 0.136. The minimum Gasteiger partial charge on any atom is -0.497 e. The van der Waals surface area contributed by atoms with E-state index in [0.29, 0.717) is 22.6 Å². The van der Waals surface area contributed by atoms with Gasteiger partial charge in [-0.05, 0) is 48.0 Å². The molecule has 162 valence electrons. The summed E-state index contributed by atoms with van der Waals surface area (Å²) in [6.45, 7) is 0.101. The second-order valence-electron chi connectivity index (χ2n) is 6.32. The topological polar surface area (TPSA) is 86.2 Å². The van der Waals surface area contributed by atoms with Gasteiger partial charge in [-0.15, -0.1) is 0 Å². The molecular weight excluding hydrogens is 423 g/mol. The average Bonchev–Trinajstić information content (AvgIpc) is 2.78. The van der Waals surface area contributed by atoms with Crippen molar-refractivity contribution in [1.82, 2.24) is 4.83 Å². The van der Waals surface area contributed by atoms with E-state index in [0.717, 1.165) is 0 Å².